The zero-order chi connectivity index (χ0) is 26.0. The van der Waals surface area contributed by atoms with Crippen molar-refractivity contribution in [3.8, 4) is 17.2 Å². The van der Waals surface area contributed by atoms with Crippen LogP contribution >= 0.6 is 0 Å². The number of carbonyl (C=O) groups excluding carboxylic acids is 5. The highest BCUT2D eigenvalue weighted by molar-refractivity contribution is 5.95. The lowest BCUT2D eigenvalue weighted by Gasteiger charge is -2.46. The molecule has 190 valence electrons. The quantitative estimate of drug-likeness (QED) is 0.332. The molecule has 0 unspecified atom stereocenters. The molecule has 35 heavy (non-hydrogen) atoms. The molecule has 0 aliphatic carbocycles. The fourth-order valence-electron chi connectivity index (χ4n) is 3.99. The van der Waals surface area contributed by atoms with Crippen molar-refractivity contribution in [2.75, 3.05) is 13.7 Å². The molecular weight excluding hydrogens is 472 g/mol. The lowest BCUT2D eigenvalue weighted by molar-refractivity contribution is -0.251. The number of phenols is 1. The molecule has 1 saturated heterocycles. The normalized spacial score (nSPS) is 24.7. The third-order valence-electron chi connectivity index (χ3n) is 5.14. The first-order valence-electron chi connectivity index (χ1n) is 10.4. The Labute approximate surface area is 199 Å². The average molecular weight is 496 g/mol. The van der Waals surface area contributed by atoms with Crippen molar-refractivity contribution in [3.05, 3.63) is 17.2 Å². The van der Waals surface area contributed by atoms with Gasteiger partial charge in [-0.2, -0.15) is 0 Å². The van der Waals surface area contributed by atoms with Gasteiger partial charge in [0.25, 0.3) is 0 Å². The summed E-state index contributed by atoms with van der Waals surface area (Å²) >= 11 is 0. The summed E-state index contributed by atoms with van der Waals surface area (Å²) in [7, 11) is 1.21. The maximum Gasteiger partial charge on any atom is 0.339 e. The van der Waals surface area contributed by atoms with Gasteiger partial charge in [0.15, 0.2) is 29.8 Å². The maximum atomic E-state index is 12.9. The molecule has 0 spiro atoms. The summed E-state index contributed by atoms with van der Waals surface area (Å²) in [6.07, 6.45) is -6.56. The molecule has 2 heterocycles. The van der Waals surface area contributed by atoms with E-state index >= 15 is 0 Å². The lowest BCUT2D eigenvalue weighted by atomic mass is 9.85. The fraction of sp³-hybridized carbons (Fsp3) is 0.500. The van der Waals surface area contributed by atoms with E-state index in [-0.39, 0.29) is 22.6 Å². The Kier molecular flexibility index (Phi) is 7.48. The van der Waals surface area contributed by atoms with E-state index in [1.807, 2.05) is 0 Å². The van der Waals surface area contributed by atoms with Crippen LogP contribution in [0, 0.1) is 0 Å². The van der Waals surface area contributed by atoms with Gasteiger partial charge in [0.1, 0.15) is 18.8 Å². The minimum Gasteiger partial charge on any atom is -0.504 e. The molecule has 2 aliphatic heterocycles. The Morgan fingerprint density at radius 1 is 0.943 bits per heavy atom. The van der Waals surface area contributed by atoms with Crippen molar-refractivity contribution in [1.29, 1.82) is 0 Å². The summed E-state index contributed by atoms with van der Waals surface area (Å²) in [6.45, 7) is 4.03. The van der Waals surface area contributed by atoms with Crippen LogP contribution in [0.4, 0.5) is 0 Å². The Hall–Kier alpha value is -3.87. The van der Waals surface area contributed by atoms with Gasteiger partial charge in [-0.25, -0.2) is 4.79 Å². The van der Waals surface area contributed by atoms with Crippen LogP contribution in [-0.2, 0) is 42.9 Å². The molecule has 3 rings (SSSR count). The van der Waals surface area contributed by atoms with Gasteiger partial charge in [0, 0.05) is 33.3 Å². The lowest BCUT2D eigenvalue weighted by Crippen LogP contribution is -2.60. The van der Waals surface area contributed by atoms with Gasteiger partial charge in [-0.3, -0.25) is 19.2 Å². The SMILES string of the molecule is COc1c(O)cc2c(c1OC(C)=O)[C@@H]1O[C@H](COC(C)=O)[C@@H](OC(C)=O)[C@H](OC(C)=O)[C@H]1OC2=O. The van der Waals surface area contributed by atoms with Crippen molar-refractivity contribution in [1.82, 2.24) is 0 Å². The van der Waals surface area contributed by atoms with E-state index < -0.39 is 72.7 Å². The van der Waals surface area contributed by atoms with Gasteiger partial charge in [-0.1, -0.05) is 0 Å². The summed E-state index contributed by atoms with van der Waals surface area (Å²) in [5, 5.41) is 10.3. The second-order valence-electron chi connectivity index (χ2n) is 7.73. The van der Waals surface area contributed by atoms with E-state index in [1.165, 1.54) is 7.11 Å². The molecule has 0 saturated carbocycles. The molecule has 0 aromatic heterocycles. The number of ether oxygens (including phenoxy) is 7. The number of esters is 5. The first kappa shape index (κ1) is 25.7. The number of hydrogen-bond acceptors (Lipinski definition) is 13. The molecule has 5 atom stereocenters. The molecule has 1 fully saturated rings. The van der Waals surface area contributed by atoms with Crippen LogP contribution in [0.15, 0.2) is 6.07 Å². The van der Waals surface area contributed by atoms with Crippen LogP contribution < -0.4 is 9.47 Å². The highest BCUT2D eigenvalue weighted by atomic mass is 16.7. The summed E-state index contributed by atoms with van der Waals surface area (Å²) in [4.78, 5) is 59.9. The van der Waals surface area contributed by atoms with Crippen molar-refractivity contribution in [3.63, 3.8) is 0 Å². The number of rotatable bonds is 6. The largest absolute Gasteiger partial charge is 0.504 e. The highest BCUT2D eigenvalue weighted by Gasteiger charge is 2.56. The van der Waals surface area contributed by atoms with Crippen LogP contribution in [0.3, 0.4) is 0 Å². The summed E-state index contributed by atoms with van der Waals surface area (Å²) in [6, 6.07) is 1.04. The molecule has 2 aliphatic rings. The topological polar surface area (TPSA) is 170 Å². The number of aromatic hydroxyl groups is 1. The number of phenolic OH excluding ortho intramolecular Hbond substituents is 1. The van der Waals surface area contributed by atoms with Crippen LogP contribution in [0.5, 0.6) is 17.2 Å². The first-order chi connectivity index (χ1) is 16.4. The molecule has 13 nitrogen and oxygen atoms in total. The maximum absolute atomic E-state index is 12.9. The molecule has 1 N–H and O–H groups in total. The molecule has 1 aromatic rings. The summed E-state index contributed by atoms with van der Waals surface area (Å²) in [5.74, 6) is -5.08. The average Bonchev–Trinajstić information content (AvgIpc) is 2.74. The molecular formula is C22H24O13. The molecule has 1 aromatic carbocycles. The number of methoxy groups -OCH3 is 1. The molecule has 0 bridgehead atoms. The fourth-order valence-corrected chi connectivity index (χ4v) is 3.99. The third-order valence-corrected chi connectivity index (χ3v) is 5.14. The van der Waals surface area contributed by atoms with Gasteiger partial charge in [-0.05, 0) is 6.07 Å². The third kappa shape index (κ3) is 5.29. The Morgan fingerprint density at radius 2 is 1.57 bits per heavy atom. The van der Waals surface area contributed by atoms with Crippen molar-refractivity contribution >= 4 is 29.8 Å². The monoisotopic (exact) mass is 496 g/mol. The van der Waals surface area contributed by atoms with E-state index in [9.17, 15) is 29.1 Å². The summed E-state index contributed by atoms with van der Waals surface area (Å²) in [5.41, 5.74) is -0.248. The number of carbonyl (C=O) groups is 5. The first-order valence-corrected chi connectivity index (χ1v) is 10.4. The minimum absolute atomic E-state index is 0.0395. The Morgan fingerprint density at radius 3 is 2.11 bits per heavy atom. The van der Waals surface area contributed by atoms with Crippen molar-refractivity contribution in [2.24, 2.45) is 0 Å². The zero-order valence-corrected chi connectivity index (χ0v) is 19.5. The van der Waals surface area contributed by atoms with Gasteiger partial charge >= 0.3 is 29.8 Å². The molecule has 0 amide bonds. The number of benzene rings is 1. The van der Waals surface area contributed by atoms with Crippen LogP contribution in [0.25, 0.3) is 0 Å². The Balaban J connectivity index is 2.21. The van der Waals surface area contributed by atoms with E-state index in [4.69, 9.17) is 33.2 Å². The number of fused-ring (bicyclic) bond motifs is 3. The van der Waals surface area contributed by atoms with Gasteiger partial charge < -0.3 is 38.3 Å². The van der Waals surface area contributed by atoms with Crippen molar-refractivity contribution in [2.45, 2.75) is 58.2 Å². The molecule has 13 heteroatoms. The second kappa shape index (κ2) is 10.2. The second-order valence-corrected chi connectivity index (χ2v) is 7.73. The molecule has 0 radical (unpaired) electrons. The van der Waals surface area contributed by atoms with Crippen molar-refractivity contribution < 1.29 is 62.2 Å². The number of hydrogen-bond donors (Lipinski definition) is 1. The van der Waals surface area contributed by atoms with Crippen LogP contribution in [-0.4, -0.2) is 73.1 Å². The minimum atomic E-state index is -1.39. The van der Waals surface area contributed by atoms with Crippen LogP contribution in [0.2, 0.25) is 0 Å². The highest BCUT2D eigenvalue weighted by Crippen LogP contribution is 2.51. The van der Waals surface area contributed by atoms with Gasteiger partial charge in [-0.15, -0.1) is 0 Å². The van der Waals surface area contributed by atoms with E-state index in [1.54, 1.807) is 0 Å². The Bertz CT molecular complexity index is 1060. The van der Waals surface area contributed by atoms with Crippen LogP contribution in [0.1, 0.15) is 49.7 Å². The zero-order valence-electron chi connectivity index (χ0n) is 19.5. The van der Waals surface area contributed by atoms with Gasteiger partial charge in [0.05, 0.1) is 12.7 Å². The standard InChI is InChI=1S/C22H24O13/c1-8(23)30-7-14-17(31-9(2)24)20(33-11(4)26)21-19(34-14)15-12(22(28)35-21)6-13(27)16(29-5)18(15)32-10(3)25/h6,14,17,19-21,27H,7H2,1-5H3/t14-,17-,19+,20+,21+/m1/s1. The van der Waals surface area contributed by atoms with E-state index in [0.29, 0.717) is 0 Å². The van der Waals surface area contributed by atoms with E-state index in [2.05, 4.69) is 0 Å². The predicted molar refractivity (Wildman–Crippen MR) is 111 cm³/mol. The van der Waals surface area contributed by atoms with Gasteiger partial charge in [0.2, 0.25) is 5.75 Å². The summed E-state index contributed by atoms with van der Waals surface area (Å²) < 4.78 is 37.7. The van der Waals surface area contributed by atoms with E-state index in [0.717, 1.165) is 33.8 Å². The predicted octanol–water partition coefficient (Wildman–Crippen LogP) is 0.731. The smallest absolute Gasteiger partial charge is 0.339 e.